The van der Waals surface area contributed by atoms with Gasteiger partial charge in [-0.3, -0.25) is 4.79 Å². The summed E-state index contributed by atoms with van der Waals surface area (Å²) >= 11 is 3.00. The summed E-state index contributed by atoms with van der Waals surface area (Å²) < 4.78 is 0. The Labute approximate surface area is 73.5 Å². The maximum atomic E-state index is 11.2. The summed E-state index contributed by atoms with van der Waals surface area (Å²) in [5, 5.41) is 0. The number of ketones is 1. The monoisotopic (exact) mass is 213 g/mol. The van der Waals surface area contributed by atoms with Crippen molar-refractivity contribution in [2.75, 3.05) is 0 Å². The highest BCUT2D eigenvalue weighted by molar-refractivity contribution is 9.10. The molecule has 1 unspecified atom stereocenters. The highest BCUT2D eigenvalue weighted by Crippen LogP contribution is 2.04. The lowest BCUT2D eigenvalue weighted by Gasteiger charge is -2.00. The molecule has 1 aromatic rings. The molecule has 0 bridgehead atoms. The predicted octanol–water partition coefficient (Wildman–Crippen LogP) is 1.55. The third kappa shape index (κ3) is 2.13. The molecule has 0 aromatic heterocycles. The number of halogens is 1. The van der Waals surface area contributed by atoms with Crippen LogP contribution in [0.25, 0.3) is 0 Å². The molecule has 0 aliphatic heterocycles. The molecular weight excluding hydrogens is 206 g/mol. The average molecular weight is 214 g/mol. The molecule has 1 atom stereocenters. The smallest absolute Gasteiger partial charge is 0.190 e. The largest absolute Gasteiger partial charge is 0.312 e. The second-order valence-electron chi connectivity index (χ2n) is 2.13. The minimum atomic E-state index is -0.593. The highest BCUT2D eigenvalue weighted by atomic mass is 79.9. The molecule has 1 aromatic carbocycles. The van der Waals surface area contributed by atoms with Gasteiger partial charge in [0.25, 0.3) is 0 Å². The summed E-state index contributed by atoms with van der Waals surface area (Å²) in [7, 11) is 0. The van der Waals surface area contributed by atoms with Crippen molar-refractivity contribution in [2.24, 2.45) is 5.73 Å². The molecule has 2 nitrogen and oxygen atoms in total. The van der Waals surface area contributed by atoms with Crippen LogP contribution in [0, 0.1) is 0 Å². The Hall–Kier alpha value is -0.670. The Morgan fingerprint density at radius 1 is 1.36 bits per heavy atom. The van der Waals surface area contributed by atoms with E-state index in [1.165, 1.54) is 0 Å². The van der Waals surface area contributed by atoms with Crippen molar-refractivity contribution in [2.45, 2.75) is 4.95 Å². The fourth-order valence-electron chi connectivity index (χ4n) is 0.762. The molecule has 0 spiro atoms. The summed E-state index contributed by atoms with van der Waals surface area (Å²) in [5.74, 6) is -0.0920. The number of rotatable bonds is 2. The lowest BCUT2D eigenvalue weighted by Crippen LogP contribution is -2.23. The number of Topliss-reactive ketones (excluding diaryl/α,β-unsaturated/α-hetero) is 1. The third-order valence-electron chi connectivity index (χ3n) is 1.31. The maximum Gasteiger partial charge on any atom is 0.190 e. The van der Waals surface area contributed by atoms with Crippen LogP contribution in [0.3, 0.4) is 0 Å². The number of carbonyl (C=O) groups is 1. The summed E-state index contributed by atoms with van der Waals surface area (Å²) in [4.78, 5) is 10.6. The van der Waals surface area contributed by atoms with E-state index in [9.17, 15) is 4.79 Å². The van der Waals surface area contributed by atoms with E-state index in [-0.39, 0.29) is 5.78 Å². The standard InChI is InChI=1S/C8H8BrNO/c9-8(10)7(11)6-4-2-1-3-5-6/h1-5,8H,10H2. The quantitative estimate of drug-likeness (QED) is 0.461. The van der Waals surface area contributed by atoms with E-state index < -0.39 is 4.95 Å². The normalized spacial score (nSPS) is 12.5. The summed E-state index contributed by atoms with van der Waals surface area (Å²) in [6.45, 7) is 0. The Bertz CT molecular complexity index is 246. The lowest BCUT2D eigenvalue weighted by atomic mass is 10.1. The van der Waals surface area contributed by atoms with E-state index in [4.69, 9.17) is 5.73 Å². The van der Waals surface area contributed by atoms with Crippen molar-refractivity contribution in [3.63, 3.8) is 0 Å². The first-order valence-electron chi connectivity index (χ1n) is 3.21. The minimum Gasteiger partial charge on any atom is -0.312 e. The number of alkyl halides is 1. The molecule has 0 aliphatic carbocycles. The molecule has 0 heterocycles. The van der Waals surface area contributed by atoms with Gasteiger partial charge in [0.15, 0.2) is 5.78 Å². The Kier molecular flexibility index (Phi) is 2.79. The summed E-state index contributed by atoms with van der Waals surface area (Å²) in [6.07, 6.45) is 0. The van der Waals surface area contributed by atoms with E-state index in [1.54, 1.807) is 12.1 Å². The van der Waals surface area contributed by atoms with Gasteiger partial charge in [0.2, 0.25) is 0 Å². The zero-order valence-electron chi connectivity index (χ0n) is 5.83. The van der Waals surface area contributed by atoms with E-state index in [0.717, 1.165) is 0 Å². The van der Waals surface area contributed by atoms with Gasteiger partial charge in [0.05, 0.1) is 0 Å². The first-order valence-corrected chi connectivity index (χ1v) is 4.12. The van der Waals surface area contributed by atoms with Crippen molar-refractivity contribution in [3.05, 3.63) is 35.9 Å². The molecule has 0 radical (unpaired) electrons. The minimum absolute atomic E-state index is 0.0920. The molecule has 58 valence electrons. The maximum absolute atomic E-state index is 11.2. The topological polar surface area (TPSA) is 43.1 Å². The van der Waals surface area contributed by atoms with Crippen LogP contribution in [0.4, 0.5) is 0 Å². The van der Waals surface area contributed by atoms with Crippen LogP contribution in [0.15, 0.2) is 30.3 Å². The Morgan fingerprint density at radius 3 is 2.36 bits per heavy atom. The molecule has 2 N–H and O–H groups in total. The van der Waals surface area contributed by atoms with E-state index in [2.05, 4.69) is 15.9 Å². The van der Waals surface area contributed by atoms with Crippen LogP contribution in [-0.4, -0.2) is 10.7 Å². The molecule has 0 amide bonds. The second-order valence-corrected chi connectivity index (χ2v) is 3.12. The van der Waals surface area contributed by atoms with E-state index >= 15 is 0 Å². The van der Waals surface area contributed by atoms with Crippen LogP contribution in [0.5, 0.6) is 0 Å². The van der Waals surface area contributed by atoms with Crippen molar-refractivity contribution in [1.82, 2.24) is 0 Å². The van der Waals surface area contributed by atoms with Crippen LogP contribution in [0.2, 0.25) is 0 Å². The zero-order valence-corrected chi connectivity index (χ0v) is 7.41. The third-order valence-corrected chi connectivity index (χ3v) is 1.72. The Balaban J connectivity index is 2.86. The lowest BCUT2D eigenvalue weighted by molar-refractivity contribution is 0.0993. The van der Waals surface area contributed by atoms with Crippen LogP contribution in [0.1, 0.15) is 10.4 Å². The van der Waals surface area contributed by atoms with Crippen molar-refractivity contribution in [1.29, 1.82) is 0 Å². The van der Waals surface area contributed by atoms with Gasteiger partial charge in [-0.15, -0.1) is 0 Å². The molecule has 3 heteroatoms. The van der Waals surface area contributed by atoms with Gasteiger partial charge in [-0.2, -0.15) is 0 Å². The SMILES string of the molecule is NC(Br)C(=O)c1ccccc1. The first kappa shape index (κ1) is 8.43. The van der Waals surface area contributed by atoms with E-state index in [1.807, 2.05) is 18.2 Å². The van der Waals surface area contributed by atoms with Gasteiger partial charge in [-0.05, 0) is 0 Å². The fraction of sp³-hybridized carbons (Fsp3) is 0.125. The molecule has 0 saturated carbocycles. The molecular formula is C8H8BrNO. The van der Waals surface area contributed by atoms with Crippen LogP contribution >= 0.6 is 15.9 Å². The van der Waals surface area contributed by atoms with E-state index in [0.29, 0.717) is 5.56 Å². The van der Waals surface area contributed by atoms with Gasteiger partial charge >= 0.3 is 0 Å². The van der Waals surface area contributed by atoms with Crippen LogP contribution in [-0.2, 0) is 0 Å². The number of hydrogen-bond donors (Lipinski definition) is 1. The average Bonchev–Trinajstić information content (AvgIpc) is 2.05. The predicted molar refractivity (Wildman–Crippen MR) is 47.7 cm³/mol. The molecule has 1 rings (SSSR count). The van der Waals surface area contributed by atoms with Gasteiger partial charge < -0.3 is 5.73 Å². The summed E-state index contributed by atoms with van der Waals surface area (Å²) in [6, 6.07) is 8.95. The van der Waals surface area contributed by atoms with Gasteiger partial charge in [0.1, 0.15) is 4.95 Å². The molecule has 0 aliphatic rings. The van der Waals surface area contributed by atoms with Gasteiger partial charge in [-0.25, -0.2) is 0 Å². The zero-order chi connectivity index (χ0) is 8.27. The molecule has 0 saturated heterocycles. The molecule has 11 heavy (non-hydrogen) atoms. The highest BCUT2D eigenvalue weighted by Gasteiger charge is 2.10. The number of nitrogens with two attached hydrogens (primary N) is 1. The van der Waals surface area contributed by atoms with Crippen molar-refractivity contribution in [3.8, 4) is 0 Å². The molecule has 0 fully saturated rings. The van der Waals surface area contributed by atoms with Crippen molar-refractivity contribution >= 4 is 21.7 Å². The fourth-order valence-corrected chi connectivity index (χ4v) is 1.03. The number of hydrogen-bond acceptors (Lipinski definition) is 2. The first-order chi connectivity index (χ1) is 5.22. The number of carbonyl (C=O) groups excluding carboxylic acids is 1. The van der Waals surface area contributed by atoms with Gasteiger partial charge in [0, 0.05) is 5.56 Å². The van der Waals surface area contributed by atoms with Crippen LogP contribution < -0.4 is 5.73 Å². The second kappa shape index (κ2) is 3.64. The number of benzene rings is 1. The van der Waals surface area contributed by atoms with Gasteiger partial charge in [-0.1, -0.05) is 46.3 Å². The summed E-state index contributed by atoms with van der Waals surface area (Å²) in [5.41, 5.74) is 5.97. The van der Waals surface area contributed by atoms with Crippen molar-refractivity contribution < 1.29 is 4.79 Å². The Morgan fingerprint density at radius 2 is 1.91 bits per heavy atom.